The Balaban J connectivity index is 1.92. The summed E-state index contributed by atoms with van der Waals surface area (Å²) in [7, 11) is 1.42. The van der Waals surface area contributed by atoms with Crippen LogP contribution in [0.4, 0.5) is 0 Å². The summed E-state index contributed by atoms with van der Waals surface area (Å²) in [5, 5.41) is 0.694. The van der Waals surface area contributed by atoms with Gasteiger partial charge in [0, 0.05) is 25.7 Å². The van der Waals surface area contributed by atoms with Crippen LogP contribution >= 0.6 is 23.8 Å². The van der Waals surface area contributed by atoms with Crippen molar-refractivity contribution < 1.29 is 12.8 Å². The van der Waals surface area contributed by atoms with Gasteiger partial charge in [0.2, 0.25) is 10.0 Å². The molecule has 1 heterocycles. The van der Waals surface area contributed by atoms with E-state index in [1.165, 1.54) is 24.5 Å². The molecule has 9 heteroatoms. The highest BCUT2D eigenvalue weighted by Gasteiger charge is 2.19. The van der Waals surface area contributed by atoms with Crippen molar-refractivity contribution in [3.05, 3.63) is 57.9 Å². The predicted octanol–water partition coefficient (Wildman–Crippen LogP) is 3.96. The van der Waals surface area contributed by atoms with Gasteiger partial charge in [-0.15, -0.1) is 0 Å². The third kappa shape index (κ3) is 4.25. The highest BCUT2D eigenvalue weighted by atomic mass is 35.5. The third-order valence-electron chi connectivity index (χ3n) is 4.17. The molecule has 0 saturated carbocycles. The smallest absolute Gasteiger partial charge is 0.270 e. The molecule has 27 heavy (non-hydrogen) atoms. The quantitative estimate of drug-likeness (QED) is 0.559. The Morgan fingerprint density at radius 3 is 2.41 bits per heavy atom. The van der Waals surface area contributed by atoms with Crippen molar-refractivity contribution in [1.29, 1.82) is 0 Å². The molecule has 0 aliphatic carbocycles. The Labute approximate surface area is 168 Å². The van der Waals surface area contributed by atoms with E-state index in [-0.39, 0.29) is 4.90 Å². The van der Waals surface area contributed by atoms with E-state index < -0.39 is 10.0 Å². The van der Waals surface area contributed by atoms with Crippen LogP contribution in [0.3, 0.4) is 0 Å². The molecule has 1 aromatic heterocycles. The number of hydrogen-bond acceptors (Lipinski definition) is 5. The monoisotopic (exact) mass is 425 g/mol. The van der Waals surface area contributed by atoms with Crippen molar-refractivity contribution in [2.24, 2.45) is 0 Å². The fourth-order valence-electron chi connectivity index (χ4n) is 2.74. The lowest BCUT2D eigenvalue weighted by molar-refractivity contribution is 0.257. The van der Waals surface area contributed by atoms with Gasteiger partial charge in [-0.2, -0.15) is 0 Å². The van der Waals surface area contributed by atoms with E-state index in [1.807, 2.05) is 31.3 Å². The lowest BCUT2D eigenvalue weighted by atomic mass is 10.2. The van der Waals surface area contributed by atoms with Crippen LogP contribution in [0.5, 0.6) is 0 Å². The first-order chi connectivity index (χ1) is 12.7. The summed E-state index contributed by atoms with van der Waals surface area (Å²) in [6, 6.07) is 12.4. The first kappa shape index (κ1) is 20.0. The number of rotatable bonds is 6. The minimum Gasteiger partial charge on any atom is -0.429 e. The summed E-state index contributed by atoms with van der Waals surface area (Å²) in [6.07, 6.45) is 0. The van der Waals surface area contributed by atoms with Crippen LogP contribution in [0.15, 0.2) is 51.8 Å². The van der Waals surface area contributed by atoms with Crippen molar-refractivity contribution in [2.45, 2.75) is 18.1 Å². The van der Waals surface area contributed by atoms with Gasteiger partial charge < -0.3 is 4.42 Å². The highest BCUT2D eigenvalue weighted by Crippen LogP contribution is 2.23. The Bertz CT molecular complexity index is 1120. The molecule has 0 amide bonds. The van der Waals surface area contributed by atoms with E-state index in [4.69, 9.17) is 28.2 Å². The molecule has 3 aromatic rings. The second kappa shape index (κ2) is 7.73. The second-order valence-corrected chi connectivity index (χ2v) is 9.43. The van der Waals surface area contributed by atoms with Gasteiger partial charge in [0.15, 0.2) is 5.58 Å². The lowest BCUT2D eigenvalue weighted by Crippen LogP contribution is -2.23. The van der Waals surface area contributed by atoms with Gasteiger partial charge in [0.1, 0.15) is 0 Å². The molecular weight excluding hydrogens is 406 g/mol. The van der Waals surface area contributed by atoms with Gasteiger partial charge in [0.05, 0.1) is 17.1 Å². The molecule has 0 aliphatic heterocycles. The average Bonchev–Trinajstić information content (AvgIpc) is 2.91. The first-order valence-electron chi connectivity index (χ1n) is 8.17. The van der Waals surface area contributed by atoms with Crippen molar-refractivity contribution in [3.8, 4) is 0 Å². The zero-order valence-corrected chi connectivity index (χ0v) is 17.6. The summed E-state index contributed by atoms with van der Waals surface area (Å²) in [5.41, 5.74) is 2.31. The molecule has 0 atom stereocenters. The fourth-order valence-corrected chi connectivity index (χ4v) is 4.03. The number of hydrogen-bond donors (Lipinski definition) is 0. The Hall–Kier alpha value is -1.71. The van der Waals surface area contributed by atoms with E-state index in [0.717, 1.165) is 5.56 Å². The van der Waals surface area contributed by atoms with E-state index in [2.05, 4.69) is 4.90 Å². The molecule has 3 rings (SSSR count). The number of halogens is 1. The number of benzene rings is 2. The Morgan fingerprint density at radius 2 is 1.78 bits per heavy atom. The zero-order valence-electron chi connectivity index (χ0n) is 15.2. The van der Waals surface area contributed by atoms with E-state index in [0.29, 0.717) is 34.2 Å². The lowest BCUT2D eigenvalue weighted by Gasteiger charge is -2.18. The first-order valence-corrected chi connectivity index (χ1v) is 10.4. The minimum absolute atomic E-state index is 0.199. The third-order valence-corrected chi connectivity index (χ3v) is 6.53. The molecule has 0 radical (unpaired) electrons. The van der Waals surface area contributed by atoms with Gasteiger partial charge in [-0.3, -0.25) is 9.47 Å². The van der Waals surface area contributed by atoms with Gasteiger partial charge in [-0.1, -0.05) is 23.7 Å². The standard InChI is InChI=1S/C18H20ClN3O3S2/c1-20(2)27(23,24)15-8-9-17-16(10-15)22(18(26)25-17)12-21(3)11-13-4-6-14(19)7-5-13/h4-10H,11-12H2,1-3H3. The molecule has 0 bridgehead atoms. The molecule has 0 saturated heterocycles. The molecule has 0 aliphatic rings. The van der Waals surface area contributed by atoms with E-state index in [1.54, 1.807) is 16.7 Å². The fraction of sp³-hybridized carbons (Fsp3) is 0.278. The van der Waals surface area contributed by atoms with Crippen molar-refractivity contribution in [2.75, 3.05) is 21.1 Å². The number of aromatic nitrogens is 1. The van der Waals surface area contributed by atoms with Crippen LogP contribution in [0.2, 0.25) is 5.02 Å². The molecule has 0 unspecified atom stereocenters. The van der Waals surface area contributed by atoms with Gasteiger partial charge in [-0.05, 0) is 55.2 Å². The van der Waals surface area contributed by atoms with E-state index in [9.17, 15) is 8.42 Å². The maximum atomic E-state index is 12.4. The number of sulfonamides is 1. The topological polar surface area (TPSA) is 58.7 Å². The minimum atomic E-state index is -3.54. The van der Waals surface area contributed by atoms with Crippen molar-refractivity contribution in [1.82, 2.24) is 13.8 Å². The van der Waals surface area contributed by atoms with Crippen LogP contribution in [0.1, 0.15) is 5.56 Å². The second-order valence-electron chi connectivity index (χ2n) is 6.50. The molecule has 2 aromatic carbocycles. The van der Waals surface area contributed by atoms with Crippen molar-refractivity contribution in [3.63, 3.8) is 0 Å². The van der Waals surface area contributed by atoms with Crippen LogP contribution in [0, 0.1) is 4.84 Å². The molecule has 0 spiro atoms. The number of nitrogens with zero attached hydrogens (tertiary/aromatic N) is 3. The maximum absolute atomic E-state index is 12.4. The summed E-state index contributed by atoms with van der Waals surface area (Å²) in [4.78, 5) is 2.55. The van der Waals surface area contributed by atoms with Crippen LogP contribution in [-0.4, -0.2) is 43.3 Å². The Kier molecular flexibility index (Phi) is 5.73. The number of fused-ring (bicyclic) bond motifs is 1. The molecular formula is C18H20ClN3O3S2. The van der Waals surface area contributed by atoms with Crippen molar-refractivity contribution >= 4 is 44.9 Å². The average molecular weight is 426 g/mol. The largest absolute Gasteiger partial charge is 0.429 e. The molecule has 6 nitrogen and oxygen atoms in total. The number of oxazole rings is 1. The molecule has 144 valence electrons. The summed E-state index contributed by atoms with van der Waals surface area (Å²) >= 11 is 11.3. The summed E-state index contributed by atoms with van der Waals surface area (Å²) < 4.78 is 33.4. The predicted molar refractivity (Wildman–Crippen MR) is 109 cm³/mol. The highest BCUT2D eigenvalue weighted by molar-refractivity contribution is 7.89. The normalized spacial score (nSPS) is 12.4. The van der Waals surface area contributed by atoms with Gasteiger partial charge in [0.25, 0.3) is 4.84 Å². The van der Waals surface area contributed by atoms with Crippen LogP contribution in [0.25, 0.3) is 11.1 Å². The Morgan fingerprint density at radius 1 is 1.11 bits per heavy atom. The summed E-state index contributed by atoms with van der Waals surface area (Å²) in [6.45, 7) is 1.14. The van der Waals surface area contributed by atoms with Crippen LogP contribution in [-0.2, 0) is 23.2 Å². The summed E-state index contributed by atoms with van der Waals surface area (Å²) in [5.74, 6) is 0. The van der Waals surface area contributed by atoms with Gasteiger partial charge in [-0.25, -0.2) is 12.7 Å². The van der Waals surface area contributed by atoms with Gasteiger partial charge >= 0.3 is 0 Å². The SMILES string of the molecule is CN(Cc1ccc(Cl)cc1)Cn1c(=S)oc2ccc(S(=O)(=O)N(C)C)cc21. The zero-order chi connectivity index (χ0) is 19.8. The van der Waals surface area contributed by atoms with E-state index >= 15 is 0 Å². The molecule has 0 N–H and O–H groups in total. The van der Waals surface area contributed by atoms with Crippen LogP contribution < -0.4 is 0 Å². The maximum Gasteiger partial charge on any atom is 0.270 e. The molecule has 0 fully saturated rings.